The minimum absolute atomic E-state index is 0.0833. The van der Waals surface area contributed by atoms with Gasteiger partial charge in [0.25, 0.3) is 5.95 Å². The van der Waals surface area contributed by atoms with Gasteiger partial charge < -0.3 is 9.47 Å². The lowest BCUT2D eigenvalue weighted by molar-refractivity contribution is -0.0244. The van der Waals surface area contributed by atoms with E-state index in [2.05, 4.69) is 16.1 Å². The summed E-state index contributed by atoms with van der Waals surface area (Å²) in [5.41, 5.74) is 0. The lowest BCUT2D eigenvalue weighted by Crippen LogP contribution is -2.18. The molecule has 0 aliphatic carbocycles. The van der Waals surface area contributed by atoms with E-state index < -0.39 is 6.16 Å². The first kappa shape index (κ1) is 3.21. The number of ether oxygens (including phenoxy) is 2. The van der Waals surface area contributed by atoms with Crippen molar-refractivity contribution < 1.29 is 14.3 Å². The zero-order chi connectivity index (χ0) is 4.57. The van der Waals surface area contributed by atoms with Crippen molar-refractivity contribution in [1.29, 1.82) is 0 Å². The van der Waals surface area contributed by atoms with Gasteiger partial charge in [-0.15, -0.1) is 0 Å². The van der Waals surface area contributed by atoms with E-state index in [1.807, 2.05) is 0 Å². The fraction of sp³-hybridized carbons (Fsp3) is 0. The Kier molecular flexibility index (Phi) is 0.395. The molecule has 0 saturated carbocycles. The average molecular weight is 86.0 g/mol. The third-order valence-corrected chi connectivity index (χ3v) is 0.394. The summed E-state index contributed by atoms with van der Waals surface area (Å²) in [5.74, 6) is 0.0833. The van der Waals surface area contributed by atoms with E-state index in [1.54, 1.807) is 0 Å². The van der Waals surface area contributed by atoms with Crippen LogP contribution in [0.4, 0.5) is 4.79 Å². The highest BCUT2D eigenvalue weighted by atomic mass is 16.9. The van der Waals surface area contributed by atoms with Crippen LogP contribution in [-0.2, 0) is 9.47 Å². The van der Waals surface area contributed by atoms with Crippen LogP contribution in [0.3, 0.4) is 0 Å². The Bertz CT molecular complexity index is 82.6. The Balaban J connectivity index is 2.47. The average Bonchev–Trinajstić information content (AvgIpc) is 1.33. The molecule has 32 valence electrons. The lowest BCUT2D eigenvalue weighted by Gasteiger charge is -2.12. The molecule has 0 aromatic heterocycles. The molecule has 1 fully saturated rings. The lowest BCUT2D eigenvalue weighted by atomic mass is 10.9. The van der Waals surface area contributed by atoms with E-state index in [1.165, 1.54) is 0 Å². The predicted molar refractivity (Wildman–Crippen MR) is 16.7 cm³/mol. The molecule has 3 heteroatoms. The second kappa shape index (κ2) is 0.739. The van der Waals surface area contributed by atoms with Crippen molar-refractivity contribution in [2.45, 2.75) is 0 Å². The molecule has 1 rings (SSSR count). The fourth-order valence-electron chi connectivity index (χ4n) is 0.194. The topological polar surface area (TPSA) is 35.5 Å². The Labute approximate surface area is 34.2 Å². The van der Waals surface area contributed by atoms with E-state index in [9.17, 15) is 4.79 Å². The predicted octanol–water partition coefficient (Wildman–Crippen LogP) is 0.624. The summed E-state index contributed by atoms with van der Waals surface area (Å²) in [6, 6.07) is 0. The van der Waals surface area contributed by atoms with Crippen molar-refractivity contribution in [2.24, 2.45) is 0 Å². The molecule has 0 N–H and O–H groups in total. The second-order valence-corrected chi connectivity index (χ2v) is 0.826. The van der Waals surface area contributed by atoms with Gasteiger partial charge in [-0.1, -0.05) is 0 Å². The molecule has 0 atom stereocenters. The van der Waals surface area contributed by atoms with Crippen molar-refractivity contribution >= 4 is 6.16 Å². The molecule has 0 unspecified atom stereocenters. The highest BCUT2D eigenvalue weighted by Crippen LogP contribution is 2.09. The third-order valence-electron chi connectivity index (χ3n) is 0.394. The van der Waals surface area contributed by atoms with Crippen LogP contribution in [0.2, 0.25) is 0 Å². The first-order valence-electron chi connectivity index (χ1n) is 1.37. The van der Waals surface area contributed by atoms with E-state index in [4.69, 9.17) is 0 Å². The molecule has 0 bridgehead atoms. The molecule has 1 aliphatic rings. The standard InChI is InChI=1S/C3H2O3/c1-2-5-3(4)6-2/h1H2. The Morgan fingerprint density at radius 1 is 1.50 bits per heavy atom. The summed E-state index contributed by atoms with van der Waals surface area (Å²) in [5, 5.41) is 0. The first-order valence-corrected chi connectivity index (χ1v) is 1.37. The van der Waals surface area contributed by atoms with Crippen LogP contribution in [0.25, 0.3) is 0 Å². The maximum atomic E-state index is 9.60. The van der Waals surface area contributed by atoms with E-state index in [0.717, 1.165) is 0 Å². The molecule has 0 amide bonds. The SMILES string of the molecule is C=C1OC(=O)O1. The van der Waals surface area contributed by atoms with Gasteiger partial charge in [0, 0.05) is 0 Å². The molecule has 6 heavy (non-hydrogen) atoms. The molecular weight excluding hydrogens is 84.0 g/mol. The maximum absolute atomic E-state index is 9.60. The summed E-state index contributed by atoms with van der Waals surface area (Å²) in [7, 11) is 0. The smallest absolute Gasteiger partial charge is 0.360 e. The summed E-state index contributed by atoms with van der Waals surface area (Å²) >= 11 is 0. The van der Waals surface area contributed by atoms with E-state index in [-0.39, 0.29) is 5.95 Å². The van der Waals surface area contributed by atoms with Crippen molar-refractivity contribution in [3.8, 4) is 0 Å². The van der Waals surface area contributed by atoms with Crippen LogP contribution in [0.1, 0.15) is 0 Å². The van der Waals surface area contributed by atoms with Gasteiger partial charge in [-0.25, -0.2) is 4.79 Å². The van der Waals surface area contributed by atoms with Gasteiger partial charge in [0.1, 0.15) is 0 Å². The number of rotatable bonds is 0. The highest BCUT2D eigenvalue weighted by molar-refractivity contribution is 5.67. The Hall–Kier alpha value is -0.990. The van der Waals surface area contributed by atoms with Gasteiger partial charge >= 0.3 is 6.16 Å². The molecule has 3 nitrogen and oxygen atoms in total. The van der Waals surface area contributed by atoms with Crippen molar-refractivity contribution in [2.75, 3.05) is 0 Å². The van der Waals surface area contributed by atoms with Crippen LogP contribution in [0, 0.1) is 0 Å². The van der Waals surface area contributed by atoms with Gasteiger partial charge in [-0.05, 0) is 6.58 Å². The summed E-state index contributed by atoms with van der Waals surface area (Å²) in [6.07, 6.45) is -0.667. The highest BCUT2D eigenvalue weighted by Gasteiger charge is 2.20. The number of carbonyl (C=O) groups excluding carboxylic acids is 1. The van der Waals surface area contributed by atoms with Gasteiger partial charge in [-0.2, -0.15) is 0 Å². The largest absolute Gasteiger partial charge is 0.524 e. The van der Waals surface area contributed by atoms with Gasteiger partial charge in [0.2, 0.25) is 0 Å². The van der Waals surface area contributed by atoms with E-state index >= 15 is 0 Å². The number of hydrogen-bond donors (Lipinski definition) is 0. The second-order valence-electron chi connectivity index (χ2n) is 0.826. The molecule has 1 heterocycles. The fourth-order valence-corrected chi connectivity index (χ4v) is 0.194. The molecule has 0 aromatic carbocycles. The van der Waals surface area contributed by atoms with Gasteiger partial charge in [-0.3, -0.25) is 0 Å². The minimum atomic E-state index is -0.667. The third kappa shape index (κ3) is 0.247. The van der Waals surface area contributed by atoms with Crippen LogP contribution >= 0.6 is 0 Å². The molecule has 1 aliphatic heterocycles. The van der Waals surface area contributed by atoms with Crippen LogP contribution in [0.15, 0.2) is 12.5 Å². The van der Waals surface area contributed by atoms with Crippen LogP contribution < -0.4 is 0 Å². The summed E-state index contributed by atoms with van der Waals surface area (Å²) in [6.45, 7) is 3.15. The molecule has 1 saturated heterocycles. The van der Waals surface area contributed by atoms with E-state index in [0.29, 0.717) is 0 Å². The Morgan fingerprint density at radius 2 is 2.00 bits per heavy atom. The molecular formula is C3H2O3. The monoisotopic (exact) mass is 86.0 g/mol. The Morgan fingerprint density at radius 3 is 2.00 bits per heavy atom. The van der Waals surface area contributed by atoms with Crippen molar-refractivity contribution in [3.63, 3.8) is 0 Å². The quantitative estimate of drug-likeness (QED) is 0.405. The summed E-state index contributed by atoms with van der Waals surface area (Å²) in [4.78, 5) is 9.60. The zero-order valence-corrected chi connectivity index (χ0v) is 2.93. The van der Waals surface area contributed by atoms with Crippen LogP contribution in [-0.4, -0.2) is 6.16 Å². The van der Waals surface area contributed by atoms with Crippen LogP contribution in [0.5, 0.6) is 0 Å². The maximum Gasteiger partial charge on any atom is 0.524 e. The number of cyclic esters (lactones) is 2. The zero-order valence-electron chi connectivity index (χ0n) is 2.93. The van der Waals surface area contributed by atoms with Crippen molar-refractivity contribution in [3.05, 3.63) is 12.5 Å². The molecule has 0 radical (unpaired) electrons. The minimum Gasteiger partial charge on any atom is -0.360 e. The molecule has 0 spiro atoms. The van der Waals surface area contributed by atoms with Crippen molar-refractivity contribution in [1.82, 2.24) is 0 Å². The normalized spacial score (nSPS) is 18.0. The number of hydrogen-bond acceptors (Lipinski definition) is 3. The number of carbonyl (C=O) groups is 1. The summed E-state index contributed by atoms with van der Waals surface area (Å²) < 4.78 is 8.17. The van der Waals surface area contributed by atoms with Gasteiger partial charge in [0.05, 0.1) is 0 Å². The van der Waals surface area contributed by atoms with Gasteiger partial charge in [0.15, 0.2) is 0 Å². The molecule has 0 aromatic rings. The first-order chi connectivity index (χ1) is 2.79.